The molecule has 0 spiro atoms. The summed E-state index contributed by atoms with van der Waals surface area (Å²) in [7, 11) is 0. The Balaban J connectivity index is 1.77. The lowest BCUT2D eigenvalue weighted by atomic mass is 9.78. The van der Waals surface area contributed by atoms with Crippen molar-refractivity contribution in [2.24, 2.45) is 5.73 Å². The Morgan fingerprint density at radius 2 is 2.22 bits per heavy atom. The SMILES string of the molecule is NC1(CNC(=O)c2cccc3cc[nH]c23)CCC1. The van der Waals surface area contributed by atoms with Crippen LogP contribution in [0.2, 0.25) is 0 Å². The molecule has 0 radical (unpaired) electrons. The molecule has 0 saturated heterocycles. The molecule has 1 aliphatic rings. The standard InChI is InChI=1S/C14H17N3O/c15-14(6-2-7-14)9-17-13(18)11-4-1-3-10-5-8-16-12(10)11/h1,3-5,8,16H,2,6-7,9,15H2,(H,17,18). The van der Waals surface area contributed by atoms with Crippen molar-refractivity contribution in [1.29, 1.82) is 0 Å². The van der Waals surface area contributed by atoms with Crippen molar-refractivity contribution in [3.05, 3.63) is 36.0 Å². The summed E-state index contributed by atoms with van der Waals surface area (Å²) in [5.41, 5.74) is 7.48. The second-order valence-electron chi connectivity index (χ2n) is 5.15. The molecule has 18 heavy (non-hydrogen) atoms. The van der Waals surface area contributed by atoms with Gasteiger partial charge in [-0.3, -0.25) is 4.79 Å². The van der Waals surface area contributed by atoms with Crippen LogP contribution >= 0.6 is 0 Å². The summed E-state index contributed by atoms with van der Waals surface area (Å²) in [6.07, 6.45) is 5.01. The Labute approximate surface area is 106 Å². The Morgan fingerprint density at radius 1 is 1.39 bits per heavy atom. The largest absolute Gasteiger partial charge is 0.361 e. The first kappa shape index (κ1) is 11.3. The number of aromatic amines is 1. The monoisotopic (exact) mass is 243 g/mol. The zero-order valence-electron chi connectivity index (χ0n) is 10.2. The van der Waals surface area contributed by atoms with E-state index in [1.165, 1.54) is 6.42 Å². The minimum Gasteiger partial charge on any atom is -0.361 e. The third-order valence-electron chi connectivity index (χ3n) is 3.78. The first-order valence-electron chi connectivity index (χ1n) is 6.31. The van der Waals surface area contributed by atoms with Gasteiger partial charge < -0.3 is 16.0 Å². The Morgan fingerprint density at radius 3 is 2.94 bits per heavy atom. The summed E-state index contributed by atoms with van der Waals surface area (Å²) in [6.45, 7) is 0.558. The molecular weight excluding hydrogens is 226 g/mol. The fourth-order valence-corrected chi connectivity index (χ4v) is 2.43. The van der Waals surface area contributed by atoms with Crippen molar-refractivity contribution in [1.82, 2.24) is 10.3 Å². The van der Waals surface area contributed by atoms with Crippen molar-refractivity contribution >= 4 is 16.8 Å². The first-order valence-corrected chi connectivity index (χ1v) is 6.31. The van der Waals surface area contributed by atoms with E-state index >= 15 is 0 Å². The molecule has 1 saturated carbocycles. The Bertz CT molecular complexity index is 583. The van der Waals surface area contributed by atoms with Gasteiger partial charge in [0.1, 0.15) is 0 Å². The van der Waals surface area contributed by atoms with Gasteiger partial charge in [0.25, 0.3) is 5.91 Å². The van der Waals surface area contributed by atoms with E-state index in [2.05, 4.69) is 10.3 Å². The molecule has 0 aliphatic heterocycles. The van der Waals surface area contributed by atoms with Crippen LogP contribution in [0.3, 0.4) is 0 Å². The molecule has 3 rings (SSSR count). The molecule has 1 fully saturated rings. The van der Waals surface area contributed by atoms with Crippen molar-refractivity contribution < 1.29 is 4.79 Å². The highest BCUT2D eigenvalue weighted by molar-refractivity contribution is 6.05. The average Bonchev–Trinajstić information content (AvgIpc) is 2.81. The molecule has 4 heteroatoms. The van der Waals surface area contributed by atoms with Crippen LogP contribution in [0.25, 0.3) is 10.9 Å². The van der Waals surface area contributed by atoms with E-state index < -0.39 is 0 Å². The second kappa shape index (κ2) is 4.14. The molecule has 1 heterocycles. The zero-order chi connectivity index (χ0) is 12.6. The lowest BCUT2D eigenvalue weighted by molar-refractivity contribution is 0.0931. The van der Waals surface area contributed by atoms with Crippen molar-refractivity contribution in [3.8, 4) is 0 Å². The molecule has 4 nitrogen and oxygen atoms in total. The van der Waals surface area contributed by atoms with Crippen LogP contribution in [0, 0.1) is 0 Å². The minimum atomic E-state index is -0.181. The number of para-hydroxylation sites is 1. The lowest BCUT2D eigenvalue weighted by Gasteiger charge is -2.38. The fourth-order valence-electron chi connectivity index (χ4n) is 2.43. The van der Waals surface area contributed by atoms with Crippen molar-refractivity contribution in [2.45, 2.75) is 24.8 Å². The van der Waals surface area contributed by atoms with Gasteiger partial charge in [0.2, 0.25) is 0 Å². The number of amides is 1. The van der Waals surface area contributed by atoms with Gasteiger partial charge in [-0.2, -0.15) is 0 Å². The third kappa shape index (κ3) is 1.88. The molecule has 4 N–H and O–H groups in total. The first-order chi connectivity index (χ1) is 8.68. The topological polar surface area (TPSA) is 70.9 Å². The Kier molecular flexibility index (Phi) is 2.59. The van der Waals surface area contributed by atoms with E-state index in [1.807, 2.05) is 30.5 Å². The fraction of sp³-hybridized carbons (Fsp3) is 0.357. The van der Waals surface area contributed by atoms with Crippen LogP contribution in [-0.2, 0) is 0 Å². The number of hydrogen-bond donors (Lipinski definition) is 3. The van der Waals surface area contributed by atoms with Gasteiger partial charge >= 0.3 is 0 Å². The van der Waals surface area contributed by atoms with Crippen LogP contribution in [0.4, 0.5) is 0 Å². The van der Waals surface area contributed by atoms with E-state index in [0.717, 1.165) is 23.7 Å². The van der Waals surface area contributed by atoms with Crippen LogP contribution in [0.1, 0.15) is 29.6 Å². The normalized spacial score (nSPS) is 17.4. The van der Waals surface area contributed by atoms with Crippen LogP contribution in [-0.4, -0.2) is 23.0 Å². The summed E-state index contributed by atoms with van der Waals surface area (Å²) in [4.78, 5) is 15.3. The van der Waals surface area contributed by atoms with Crippen LogP contribution in [0.5, 0.6) is 0 Å². The van der Waals surface area contributed by atoms with E-state index in [1.54, 1.807) is 0 Å². The predicted octanol–water partition coefficient (Wildman–Crippen LogP) is 1.78. The van der Waals surface area contributed by atoms with Gasteiger partial charge in [-0.1, -0.05) is 12.1 Å². The van der Waals surface area contributed by atoms with Crippen LogP contribution < -0.4 is 11.1 Å². The molecule has 1 aromatic carbocycles. The maximum Gasteiger partial charge on any atom is 0.253 e. The molecule has 0 bridgehead atoms. The highest BCUT2D eigenvalue weighted by Gasteiger charge is 2.32. The maximum atomic E-state index is 12.2. The summed E-state index contributed by atoms with van der Waals surface area (Å²) < 4.78 is 0. The molecule has 2 aromatic rings. The number of hydrogen-bond acceptors (Lipinski definition) is 2. The summed E-state index contributed by atoms with van der Waals surface area (Å²) in [6, 6.07) is 7.67. The van der Waals surface area contributed by atoms with Gasteiger partial charge in [-0.25, -0.2) is 0 Å². The van der Waals surface area contributed by atoms with E-state index in [-0.39, 0.29) is 11.4 Å². The summed E-state index contributed by atoms with van der Waals surface area (Å²) in [5.74, 6) is -0.0558. The lowest BCUT2D eigenvalue weighted by Crippen LogP contribution is -2.54. The number of carbonyl (C=O) groups excluding carboxylic acids is 1. The zero-order valence-corrected chi connectivity index (χ0v) is 10.2. The predicted molar refractivity (Wildman–Crippen MR) is 71.4 cm³/mol. The molecular formula is C14H17N3O. The third-order valence-corrected chi connectivity index (χ3v) is 3.78. The summed E-state index contributed by atoms with van der Waals surface area (Å²) in [5, 5.41) is 3.99. The molecule has 1 amide bonds. The number of nitrogens with two attached hydrogens (primary N) is 1. The quantitative estimate of drug-likeness (QED) is 0.769. The van der Waals surface area contributed by atoms with E-state index in [9.17, 15) is 4.79 Å². The highest BCUT2D eigenvalue weighted by atomic mass is 16.1. The highest BCUT2D eigenvalue weighted by Crippen LogP contribution is 2.28. The molecule has 1 aromatic heterocycles. The molecule has 94 valence electrons. The number of H-pyrrole nitrogens is 1. The molecule has 0 unspecified atom stereocenters. The second-order valence-corrected chi connectivity index (χ2v) is 5.15. The van der Waals surface area contributed by atoms with Gasteiger partial charge in [0.15, 0.2) is 0 Å². The van der Waals surface area contributed by atoms with Gasteiger partial charge in [0, 0.05) is 23.7 Å². The van der Waals surface area contributed by atoms with Gasteiger partial charge in [-0.15, -0.1) is 0 Å². The Hall–Kier alpha value is -1.81. The van der Waals surface area contributed by atoms with E-state index in [0.29, 0.717) is 12.1 Å². The maximum absolute atomic E-state index is 12.2. The number of rotatable bonds is 3. The smallest absolute Gasteiger partial charge is 0.253 e. The number of aromatic nitrogens is 1. The molecule has 1 aliphatic carbocycles. The average molecular weight is 243 g/mol. The van der Waals surface area contributed by atoms with Crippen molar-refractivity contribution in [3.63, 3.8) is 0 Å². The summed E-state index contributed by atoms with van der Waals surface area (Å²) >= 11 is 0. The van der Waals surface area contributed by atoms with E-state index in [4.69, 9.17) is 5.73 Å². The number of benzene rings is 1. The minimum absolute atomic E-state index is 0.0558. The van der Waals surface area contributed by atoms with Gasteiger partial charge in [-0.05, 0) is 31.4 Å². The number of nitrogens with one attached hydrogen (secondary N) is 2. The van der Waals surface area contributed by atoms with Crippen molar-refractivity contribution in [2.75, 3.05) is 6.54 Å². The number of fused-ring (bicyclic) bond motifs is 1. The van der Waals surface area contributed by atoms with Gasteiger partial charge in [0.05, 0.1) is 11.1 Å². The van der Waals surface area contributed by atoms with Crippen LogP contribution in [0.15, 0.2) is 30.5 Å². The molecule has 0 atom stereocenters. The number of carbonyl (C=O) groups is 1.